The Morgan fingerprint density at radius 1 is 1.58 bits per heavy atom. The summed E-state index contributed by atoms with van der Waals surface area (Å²) in [5.41, 5.74) is 1.30. The highest BCUT2D eigenvalue weighted by Crippen LogP contribution is 2.22. The van der Waals surface area contributed by atoms with Crippen molar-refractivity contribution in [2.45, 2.75) is 12.8 Å². The van der Waals surface area contributed by atoms with Crippen molar-refractivity contribution in [3.63, 3.8) is 0 Å². The van der Waals surface area contributed by atoms with Crippen LogP contribution < -0.4 is 10.6 Å². The Bertz CT molecular complexity index is 445. The van der Waals surface area contributed by atoms with Crippen LogP contribution in [-0.4, -0.2) is 32.7 Å². The maximum Gasteiger partial charge on any atom is 0.339 e. The summed E-state index contributed by atoms with van der Waals surface area (Å²) >= 11 is 5.98. The van der Waals surface area contributed by atoms with Gasteiger partial charge in [0.05, 0.1) is 17.7 Å². The van der Waals surface area contributed by atoms with Crippen LogP contribution in [0, 0.1) is 5.92 Å². The Kier molecular flexibility index (Phi) is 5.05. The van der Waals surface area contributed by atoms with Crippen LogP contribution in [0.15, 0.2) is 18.2 Å². The van der Waals surface area contributed by atoms with Gasteiger partial charge in [-0.1, -0.05) is 11.6 Å². The van der Waals surface area contributed by atoms with E-state index in [1.54, 1.807) is 12.1 Å². The Morgan fingerprint density at radius 3 is 3.11 bits per heavy atom. The van der Waals surface area contributed by atoms with E-state index in [2.05, 4.69) is 10.6 Å². The summed E-state index contributed by atoms with van der Waals surface area (Å²) in [4.78, 5) is 11.5. The van der Waals surface area contributed by atoms with Gasteiger partial charge in [-0.05, 0) is 50.0 Å². The molecule has 19 heavy (non-hydrogen) atoms. The molecular formula is C14H19ClN2O2. The Labute approximate surface area is 118 Å². The number of ether oxygens (including phenoxy) is 1. The average molecular weight is 283 g/mol. The van der Waals surface area contributed by atoms with Gasteiger partial charge in [0.2, 0.25) is 0 Å². The second kappa shape index (κ2) is 6.78. The third-order valence-corrected chi connectivity index (χ3v) is 3.70. The van der Waals surface area contributed by atoms with Crippen molar-refractivity contribution in [2.24, 2.45) is 5.92 Å². The molecule has 104 valence electrons. The zero-order valence-electron chi connectivity index (χ0n) is 11.0. The third kappa shape index (κ3) is 3.85. The quantitative estimate of drug-likeness (QED) is 0.834. The smallest absolute Gasteiger partial charge is 0.339 e. The van der Waals surface area contributed by atoms with Crippen LogP contribution in [0.2, 0.25) is 5.02 Å². The molecule has 1 aromatic carbocycles. The third-order valence-electron chi connectivity index (χ3n) is 3.37. The number of hydrogen-bond donors (Lipinski definition) is 2. The van der Waals surface area contributed by atoms with Crippen LogP contribution in [0.3, 0.4) is 0 Å². The summed E-state index contributed by atoms with van der Waals surface area (Å²) in [6, 6.07) is 5.34. The average Bonchev–Trinajstić information content (AvgIpc) is 2.46. The number of benzene rings is 1. The van der Waals surface area contributed by atoms with E-state index < -0.39 is 5.97 Å². The molecule has 1 aliphatic heterocycles. The van der Waals surface area contributed by atoms with Crippen molar-refractivity contribution in [3.8, 4) is 0 Å². The number of carbonyl (C=O) groups excluding carboxylic acids is 1. The van der Waals surface area contributed by atoms with E-state index in [1.807, 2.05) is 6.07 Å². The van der Waals surface area contributed by atoms with E-state index in [1.165, 1.54) is 20.0 Å². The highest BCUT2D eigenvalue weighted by Gasteiger charge is 2.14. The Morgan fingerprint density at radius 2 is 2.42 bits per heavy atom. The number of hydrogen-bond acceptors (Lipinski definition) is 4. The molecule has 2 rings (SSSR count). The van der Waals surface area contributed by atoms with E-state index in [0.29, 0.717) is 16.5 Å². The summed E-state index contributed by atoms with van der Waals surface area (Å²) in [7, 11) is 1.35. The van der Waals surface area contributed by atoms with Crippen molar-refractivity contribution >= 4 is 23.3 Å². The molecule has 0 radical (unpaired) electrons. The van der Waals surface area contributed by atoms with Gasteiger partial charge >= 0.3 is 5.97 Å². The number of anilines is 1. The van der Waals surface area contributed by atoms with Gasteiger partial charge in [0.1, 0.15) is 0 Å². The summed E-state index contributed by atoms with van der Waals surface area (Å²) < 4.78 is 4.71. The fourth-order valence-corrected chi connectivity index (χ4v) is 2.46. The Balaban J connectivity index is 1.98. The van der Waals surface area contributed by atoms with E-state index >= 15 is 0 Å². The number of carbonyl (C=O) groups is 1. The lowest BCUT2D eigenvalue weighted by Crippen LogP contribution is -2.33. The van der Waals surface area contributed by atoms with Crippen molar-refractivity contribution in [3.05, 3.63) is 28.8 Å². The lowest BCUT2D eigenvalue weighted by atomic mass is 9.99. The van der Waals surface area contributed by atoms with Crippen LogP contribution in [0.4, 0.5) is 5.69 Å². The van der Waals surface area contributed by atoms with Crippen LogP contribution in [0.1, 0.15) is 23.2 Å². The minimum atomic E-state index is -0.409. The molecule has 0 amide bonds. The summed E-state index contributed by atoms with van der Waals surface area (Å²) in [6.45, 7) is 3.06. The molecular weight excluding hydrogens is 264 g/mol. The lowest BCUT2D eigenvalue weighted by molar-refractivity contribution is 0.0601. The van der Waals surface area contributed by atoms with Crippen LogP contribution in [-0.2, 0) is 4.74 Å². The standard InChI is InChI=1S/C14H19ClN2O2/c1-19-14(18)12-7-11(4-5-13(12)15)17-9-10-3-2-6-16-8-10/h4-5,7,10,16-17H,2-3,6,8-9H2,1H3. The fourth-order valence-electron chi connectivity index (χ4n) is 2.26. The fraction of sp³-hybridized carbons (Fsp3) is 0.500. The monoisotopic (exact) mass is 282 g/mol. The predicted octanol–water partition coefficient (Wildman–Crippen LogP) is 2.54. The maximum absolute atomic E-state index is 11.5. The minimum absolute atomic E-state index is 0.399. The summed E-state index contributed by atoms with van der Waals surface area (Å²) in [5, 5.41) is 7.15. The SMILES string of the molecule is COC(=O)c1cc(NCC2CCCNC2)ccc1Cl. The molecule has 2 N–H and O–H groups in total. The first-order chi connectivity index (χ1) is 9.20. The molecule has 5 heteroatoms. The van der Waals surface area contributed by atoms with E-state index in [9.17, 15) is 4.79 Å². The van der Waals surface area contributed by atoms with Crippen molar-refractivity contribution in [1.29, 1.82) is 0 Å². The predicted molar refractivity (Wildman–Crippen MR) is 76.9 cm³/mol. The van der Waals surface area contributed by atoms with Gasteiger partial charge in [-0.25, -0.2) is 4.79 Å². The Hall–Kier alpha value is -1.26. The number of esters is 1. The molecule has 1 aliphatic rings. The molecule has 1 atom stereocenters. The van der Waals surface area contributed by atoms with Crippen molar-refractivity contribution in [1.82, 2.24) is 5.32 Å². The second-order valence-electron chi connectivity index (χ2n) is 4.78. The minimum Gasteiger partial charge on any atom is -0.465 e. The second-order valence-corrected chi connectivity index (χ2v) is 5.19. The van der Waals surface area contributed by atoms with Crippen LogP contribution in [0.5, 0.6) is 0 Å². The van der Waals surface area contributed by atoms with E-state index in [0.717, 1.165) is 25.3 Å². The molecule has 0 aliphatic carbocycles. The number of rotatable bonds is 4. The molecule has 0 bridgehead atoms. The normalized spacial score (nSPS) is 18.9. The van der Waals surface area contributed by atoms with Gasteiger partial charge in [0.25, 0.3) is 0 Å². The van der Waals surface area contributed by atoms with Crippen LogP contribution >= 0.6 is 11.6 Å². The first kappa shape index (κ1) is 14.2. The van der Waals surface area contributed by atoms with Gasteiger partial charge in [-0.2, -0.15) is 0 Å². The molecule has 4 nitrogen and oxygen atoms in total. The topological polar surface area (TPSA) is 50.4 Å². The highest BCUT2D eigenvalue weighted by molar-refractivity contribution is 6.33. The highest BCUT2D eigenvalue weighted by atomic mass is 35.5. The molecule has 0 aromatic heterocycles. The van der Waals surface area contributed by atoms with E-state index in [-0.39, 0.29) is 0 Å². The van der Waals surface area contributed by atoms with Gasteiger partial charge in [-0.3, -0.25) is 0 Å². The van der Waals surface area contributed by atoms with Gasteiger partial charge in [0.15, 0.2) is 0 Å². The molecule has 1 heterocycles. The maximum atomic E-state index is 11.5. The van der Waals surface area contributed by atoms with E-state index in [4.69, 9.17) is 16.3 Å². The summed E-state index contributed by atoms with van der Waals surface area (Å²) in [5.74, 6) is 0.221. The van der Waals surface area contributed by atoms with Crippen LogP contribution in [0.25, 0.3) is 0 Å². The molecule has 1 unspecified atom stereocenters. The molecule has 0 spiro atoms. The van der Waals surface area contributed by atoms with Crippen molar-refractivity contribution < 1.29 is 9.53 Å². The number of methoxy groups -OCH3 is 1. The summed E-state index contributed by atoms with van der Waals surface area (Å²) in [6.07, 6.45) is 2.46. The number of nitrogens with one attached hydrogen (secondary N) is 2. The lowest BCUT2D eigenvalue weighted by Gasteiger charge is -2.23. The van der Waals surface area contributed by atoms with Gasteiger partial charge in [0, 0.05) is 12.2 Å². The molecule has 1 aromatic rings. The van der Waals surface area contributed by atoms with Crippen molar-refractivity contribution in [2.75, 3.05) is 32.1 Å². The molecule has 1 fully saturated rings. The zero-order chi connectivity index (χ0) is 13.7. The molecule has 1 saturated heterocycles. The van der Waals surface area contributed by atoms with Gasteiger partial charge < -0.3 is 15.4 Å². The first-order valence-electron chi connectivity index (χ1n) is 6.53. The number of piperidine rings is 1. The number of halogens is 1. The molecule has 0 saturated carbocycles. The zero-order valence-corrected chi connectivity index (χ0v) is 11.8. The first-order valence-corrected chi connectivity index (χ1v) is 6.91. The van der Waals surface area contributed by atoms with Gasteiger partial charge in [-0.15, -0.1) is 0 Å². The largest absolute Gasteiger partial charge is 0.465 e.